The Morgan fingerprint density at radius 2 is 0.887 bits per heavy atom. The predicted molar refractivity (Wildman–Crippen MR) is 266 cm³/mol. The number of nitrogens with zero attached hydrogens (tertiary/aromatic N) is 1. The van der Waals surface area contributed by atoms with Crippen LogP contribution in [0.25, 0.3) is 0 Å². The summed E-state index contributed by atoms with van der Waals surface area (Å²) in [6.07, 6.45) is 56.1. The van der Waals surface area contributed by atoms with Gasteiger partial charge in [-0.2, -0.15) is 0 Å². The molecule has 0 aromatic heterocycles. The summed E-state index contributed by atoms with van der Waals surface area (Å²) in [5.41, 5.74) is 0. The molecule has 8 nitrogen and oxygen atoms in total. The summed E-state index contributed by atoms with van der Waals surface area (Å²) in [5.74, 6) is -0.314. The number of hydrogen-bond acceptors (Lipinski definition) is 6. The Morgan fingerprint density at radius 1 is 0.500 bits per heavy atom. The standard InChI is InChI=1S/C53H102NO7P/c1-6-8-10-12-14-16-18-20-22-23-24-25-26-27-28-29-30-31-32-34-36-38-40-42-44-46-53(55)61-52(51-60-62(56,57)59-49-47-54(3,4)5)50-58-48-45-43-41-39-37-35-33-21-19-17-15-13-11-9-7-2/h18,20,23-24,26-27,52H,6-17,19,21-22,25,28-51H2,1-5H3/p+1/b20-18-,24-23-,27-26-. The van der Waals surface area contributed by atoms with Gasteiger partial charge in [-0.25, -0.2) is 4.57 Å². The summed E-state index contributed by atoms with van der Waals surface area (Å²) < 4.78 is 35.2. The first-order valence-corrected chi connectivity index (χ1v) is 27.7. The molecule has 0 amide bonds. The van der Waals surface area contributed by atoms with E-state index >= 15 is 0 Å². The van der Waals surface area contributed by atoms with Crippen molar-refractivity contribution in [1.82, 2.24) is 0 Å². The van der Waals surface area contributed by atoms with Gasteiger partial charge in [0, 0.05) is 13.0 Å². The van der Waals surface area contributed by atoms with Gasteiger partial charge in [0.15, 0.2) is 0 Å². The normalized spacial score (nSPS) is 13.8. The van der Waals surface area contributed by atoms with Gasteiger partial charge in [0.2, 0.25) is 0 Å². The van der Waals surface area contributed by atoms with Gasteiger partial charge in [-0.1, -0.05) is 217 Å². The van der Waals surface area contributed by atoms with Crippen LogP contribution in [0.5, 0.6) is 0 Å². The molecule has 0 aromatic carbocycles. The molecule has 0 aliphatic rings. The van der Waals surface area contributed by atoms with E-state index in [9.17, 15) is 14.3 Å². The Bertz CT molecular complexity index is 1090. The van der Waals surface area contributed by atoms with E-state index in [-0.39, 0.29) is 25.8 Å². The first-order valence-electron chi connectivity index (χ1n) is 26.2. The topological polar surface area (TPSA) is 91.3 Å². The van der Waals surface area contributed by atoms with E-state index in [1.807, 2.05) is 21.1 Å². The maximum Gasteiger partial charge on any atom is 0.472 e. The van der Waals surface area contributed by atoms with Gasteiger partial charge in [0.25, 0.3) is 0 Å². The van der Waals surface area contributed by atoms with Crippen LogP contribution in [0.2, 0.25) is 0 Å². The molecule has 0 aliphatic carbocycles. The minimum absolute atomic E-state index is 0.0891. The zero-order valence-corrected chi connectivity index (χ0v) is 42.5. The quantitative estimate of drug-likeness (QED) is 0.0214. The van der Waals surface area contributed by atoms with Crippen LogP contribution < -0.4 is 0 Å². The van der Waals surface area contributed by atoms with Gasteiger partial charge >= 0.3 is 13.8 Å². The van der Waals surface area contributed by atoms with Crippen LogP contribution in [-0.4, -0.2) is 75.6 Å². The van der Waals surface area contributed by atoms with Gasteiger partial charge < -0.3 is 18.9 Å². The van der Waals surface area contributed by atoms with E-state index in [4.69, 9.17) is 18.5 Å². The molecule has 9 heteroatoms. The highest BCUT2D eigenvalue weighted by Crippen LogP contribution is 2.43. The van der Waals surface area contributed by atoms with Crippen molar-refractivity contribution < 1.29 is 37.3 Å². The van der Waals surface area contributed by atoms with Gasteiger partial charge in [-0.15, -0.1) is 0 Å². The van der Waals surface area contributed by atoms with Crippen molar-refractivity contribution in [3.63, 3.8) is 0 Å². The number of unbranched alkanes of at least 4 members (excludes halogenated alkanes) is 29. The summed E-state index contributed by atoms with van der Waals surface area (Å²) >= 11 is 0. The number of rotatable bonds is 49. The lowest BCUT2D eigenvalue weighted by Gasteiger charge is -2.24. The highest BCUT2D eigenvalue weighted by molar-refractivity contribution is 7.47. The molecular formula is C53H103NO7P+. The number of likely N-dealkylation sites (N-methyl/N-ethyl adjacent to an activating group) is 1. The molecule has 0 aliphatic heterocycles. The second-order valence-electron chi connectivity index (χ2n) is 18.9. The van der Waals surface area contributed by atoms with E-state index < -0.39 is 13.9 Å². The van der Waals surface area contributed by atoms with Crippen molar-refractivity contribution in [2.75, 3.05) is 54.1 Å². The van der Waals surface area contributed by atoms with Crippen molar-refractivity contribution in [3.8, 4) is 0 Å². The Balaban J connectivity index is 4.10. The highest BCUT2D eigenvalue weighted by Gasteiger charge is 2.26. The first kappa shape index (κ1) is 60.7. The number of esters is 1. The number of phosphoric ester groups is 1. The second kappa shape index (κ2) is 46.3. The number of carbonyl (C=O) groups is 1. The lowest BCUT2D eigenvalue weighted by molar-refractivity contribution is -0.870. The third kappa shape index (κ3) is 49.7. The minimum atomic E-state index is -4.28. The van der Waals surface area contributed by atoms with Crippen LogP contribution in [0.1, 0.15) is 239 Å². The lowest BCUT2D eigenvalue weighted by Crippen LogP contribution is -2.37. The van der Waals surface area contributed by atoms with Crippen LogP contribution in [0.3, 0.4) is 0 Å². The van der Waals surface area contributed by atoms with Gasteiger partial charge in [-0.3, -0.25) is 13.8 Å². The number of phosphoric acid groups is 1. The summed E-state index contributed by atoms with van der Waals surface area (Å²) in [6.45, 7) is 5.65. The van der Waals surface area contributed by atoms with E-state index in [2.05, 4.69) is 50.3 Å². The molecule has 2 unspecified atom stereocenters. The number of hydrogen-bond donors (Lipinski definition) is 1. The molecule has 366 valence electrons. The molecule has 2 atom stereocenters. The SMILES string of the molecule is CCCCCCC/C=C\C/C=C\C/C=C\CCCCCCCCCCCCC(=O)OC(COCCCCCCCCCCCCCCCCC)COP(=O)(O)OCC[N+](C)(C)C. The Kier molecular flexibility index (Phi) is 45.3. The molecule has 0 rings (SSSR count). The van der Waals surface area contributed by atoms with Crippen molar-refractivity contribution in [2.24, 2.45) is 0 Å². The largest absolute Gasteiger partial charge is 0.472 e. The van der Waals surface area contributed by atoms with E-state index in [1.54, 1.807) is 0 Å². The van der Waals surface area contributed by atoms with Crippen LogP contribution in [0, 0.1) is 0 Å². The lowest BCUT2D eigenvalue weighted by atomic mass is 10.0. The summed E-state index contributed by atoms with van der Waals surface area (Å²) in [7, 11) is 1.67. The average molecular weight is 897 g/mol. The first-order chi connectivity index (χ1) is 30.1. The van der Waals surface area contributed by atoms with Crippen molar-refractivity contribution in [3.05, 3.63) is 36.5 Å². The fourth-order valence-corrected chi connectivity index (χ4v) is 8.13. The van der Waals surface area contributed by atoms with Gasteiger partial charge in [0.1, 0.15) is 19.3 Å². The highest BCUT2D eigenvalue weighted by atomic mass is 31.2. The molecule has 0 saturated carbocycles. The molecule has 0 spiro atoms. The van der Waals surface area contributed by atoms with E-state index in [0.717, 1.165) is 44.9 Å². The fourth-order valence-electron chi connectivity index (χ4n) is 7.39. The average Bonchev–Trinajstić information content (AvgIpc) is 3.23. The predicted octanol–water partition coefficient (Wildman–Crippen LogP) is 16.1. The number of ether oxygens (including phenoxy) is 2. The van der Waals surface area contributed by atoms with Crippen molar-refractivity contribution in [1.29, 1.82) is 0 Å². The molecule has 0 saturated heterocycles. The van der Waals surface area contributed by atoms with Gasteiger partial charge in [0.05, 0.1) is 34.4 Å². The molecule has 0 radical (unpaired) electrons. The maximum absolute atomic E-state index is 12.8. The third-order valence-corrected chi connectivity index (χ3v) is 12.4. The number of quaternary nitrogens is 1. The Labute approximate surface area is 385 Å². The molecule has 62 heavy (non-hydrogen) atoms. The van der Waals surface area contributed by atoms with Crippen molar-refractivity contribution in [2.45, 2.75) is 245 Å². The summed E-state index contributed by atoms with van der Waals surface area (Å²) in [5, 5.41) is 0. The minimum Gasteiger partial charge on any atom is -0.457 e. The van der Waals surface area contributed by atoms with Crippen LogP contribution in [-0.2, 0) is 27.9 Å². The molecule has 0 aromatic rings. The van der Waals surface area contributed by atoms with E-state index in [1.165, 1.54) is 173 Å². The Morgan fingerprint density at radius 3 is 1.32 bits per heavy atom. The maximum atomic E-state index is 12.8. The summed E-state index contributed by atoms with van der Waals surface area (Å²) in [4.78, 5) is 23.0. The number of carbonyl (C=O) groups excluding carboxylic acids is 1. The molecule has 1 N–H and O–H groups in total. The van der Waals surface area contributed by atoms with E-state index in [0.29, 0.717) is 24.1 Å². The molecular weight excluding hydrogens is 794 g/mol. The van der Waals surface area contributed by atoms with Gasteiger partial charge in [-0.05, 0) is 51.4 Å². The zero-order valence-electron chi connectivity index (χ0n) is 41.6. The fraction of sp³-hybridized carbons (Fsp3) is 0.868. The summed E-state index contributed by atoms with van der Waals surface area (Å²) in [6, 6.07) is 0. The third-order valence-electron chi connectivity index (χ3n) is 11.5. The van der Waals surface area contributed by atoms with Crippen LogP contribution in [0.15, 0.2) is 36.5 Å². The van der Waals surface area contributed by atoms with Crippen LogP contribution in [0.4, 0.5) is 0 Å². The van der Waals surface area contributed by atoms with Crippen molar-refractivity contribution >= 4 is 13.8 Å². The smallest absolute Gasteiger partial charge is 0.457 e. The van der Waals surface area contributed by atoms with Crippen LogP contribution >= 0.6 is 7.82 Å². The zero-order chi connectivity index (χ0) is 45.5. The second-order valence-corrected chi connectivity index (χ2v) is 20.4. The molecule has 0 heterocycles. The molecule has 0 bridgehead atoms. The monoisotopic (exact) mass is 897 g/mol. The molecule has 0 fully saturated rings. The Hall–Kier alpha value is -1.28. The number of allylic oxidation sites excluding steroid dienone is 6.